The second kappa shape index (κ2) is 9.59. The maximum atomic E-state index is 8.89. The van der Waals surface area contributed by atoms with Gasteiger partial charge in [-0.3, -0.25) is 4.98 Å². The van der Waals surface area contributed by atoms with Gasteiger partial charge in [0.1, 0.15) is 5.82 Å². The zero-order chi connectivity index (χ0) is 18.1. The highest BCUT2D eigenvalue weighted by atomic mass is 16.2. The number of aliphatic hydroxyl groups is 1. The lowest BCUT2D eigenvalue weighted by molar-refractivity contribution is 0.286. The minimum atomic E-state index is 0.211. The van der Waals surface area contributed by atoms with Gasteiger partial charge in [-0.2, -0.15) is 0 Å². The Morgan fingerprint density at radius 2 is 1.84 bits per heavy atom. The highest BCUT2D eigenvalue weighted by Crippen LogP contribution is 2.27. The molecule has 0 fully saturated rings. The van der Waals surface area contributed by atoms with Crippen LogP contribution in [-0.2, 0) is 0 Å². The summed E-state index contributed by atoms with van der Waals surface area (Å²) >= 11 is 0. The van der Waals surface area contributed by atoms with E-state index in [9.17, 15) is 0 Å². The molecule has 25 heavy (non-hydrogen) atoms. The number of anilines is 2. The Labute approximate surface area is 148 Å². The Morgan fingerprint density at radius 1 is 1.08 bits per heavy atom. The van der Waals surface area contributed by atoms with Crippen molar-refractivity contribution in [2.75, 3.05) is 24.2 Å². The largest absolute Gasteiger partial charge is 0.399 e. The van der Waals surface area contributed by atoms with E-state index in [1.807, 2.05) is 56.3 Å². The van der Waals surface area contributed by atoms with Gasteiger partial charge in [0.15, 0.2) is 0 Å². The number of pyridine rings is 2. The number of nitrogen functional groups attached to an aromatic ring is 1. The molecule has 0 bridgehead atoms. The number of nitrogens with one attached hydrogen (secondary N) is 1. The molecule has 2 aromatic heterocycles. The summed E-state index contributed by atoms with van der Waals surface area (Å²) in [5.74, 6) is 0.820. The van der Waals surface area contributed by atoms with E-state index in [1.54, 1.807) is 6.20 Å². The third-order valence-corrected chi connectivity index (χ3v) is 3.68. The van der Waals surface area contributed by atoms with E-state index in [1.165, 1.54) is 0 Å². The van der Waals surface area contributed by atoms with Crippen LogP contribution in [0.1, 0.15) is 26.7 Å². The first-order valence-electron chi connectivity index (χ1n) is 8.74. The van der Waals surface area contributed by atoms with Gasteiger partial charge < -0.3 is 16.2 Å². The first-order chi connectivity index (χ1) is 12.3. The van der Waals surface area contributed by atoms with Gasteiger partial charge >= 0.3 is 0 Å². The van der Waals surface area contributed by atoms with Crippen LogP contribution in [0.25, 0.3) is 22.2 Å². The first kappa shape index (κ1) is 18.7. The molecular weight excluding hydrogens is 312 g/mol. The van der Waals surface area contributed by atoms with Crippen molar-refractivity contribution in [3.05, 3.63) is 48.7 Å². The van der Waals surface area contributed by atoms with E-state index in [2.05, 4.69) is 10.3 Å². The molecule has 0 spiro atoms. The predicted molar refractivity (Wildman–Crippen MR) is 106 cm³/mol. The van der Waals surface area contributed by atoms with Crippen molar-refractivity contribution in [1.29, 1.82) is 0 Å². The first-order valence-corrected chi connectivity index (χ1v) is 8.74. The van der Waals surface area contributed by atoms with Gasteiger partial charge in [0.25, 0.3) is 0 Å². The fourth-order valence-corrected chi connectivity index (χ4v) is 2.46. The molecule has 1 aromatic carbocycles. The highest BCUT2D eigenvalue weighted by Gasteiger charge is 2.08. The minimum absolute atomic E-state index is 0.211. The fourth-order valence-electron chi connectivity index (χ4n) is 2.46. The quantitative estimate of drug-likeness (QED) is 0.466. The number of nitrogens with zero attached hydrogens (tertiary/aromatic N) is 2. The van der Waals surface area contributed by atoms with Crippen LogP contribution >= 0.6 is 0 Å². The van der Waals surface area contributed by atoms with Gasteiger partial charge in [0.2, 0.25) is 0 Å². The van der Waals surface area contributed by atoms with Crippen molar-refractivity contribution in [3.8, 4) is 11.3 Å². The molecule has 0 aliphatic carbocycles. The second-order valence-electron chi connectivity index (χ2n) is 5.41. The van der Waals surface area contributed by atoms with Crippen molar-refractivity contribution >= 4 is 22.4 Å². The molecule has 5 nitrogen and oxygen atoms in total. The molecule has 0 saturated carbocycles. The average molecular weight is 338 g/mol. The summed E-state index contributed by atoms with van der Waals surface area (Å²) in [6.45, 7) is 4.98. The summed E-state index contributed by atoms with van der Waals surface area (Å²) in [5.41, 5.74) is 9.25. The molecule has 0 aliphatic rings. The predicted octanol–water partition coefficient (Wildman–Crippen LogP) is 4.09. The Hall–Kier alpha value is -2.66. The zero-order valence-electron chi connectivity index (χ0n) is 14.9. The molecule has 3 aromatic rings. The molecule has 2 heterocycles. The number of rotatable bonds is 6. The average Bonchev–Trinajstić information content (AvgIpc) is 2.67. The van der Waals surface area contributed by atoms with Crippen LogP contribution in [0.3, 0.4) is 0 Å². The van der Waals surface area contributed by atoms with Crippen molar-refractivity contribution in [2.24, 2.45) is 0 Å². The van der Waals surface area contributed by atoms with Crippen LogP contribution in [0.15, 0.2) is 48.7 Å². The number of nitrogens with two attached hydrogens (primary N) is 1. The highest BCUT2D eigenvalue weighted by molar-refractivity contribution is 5.91. The molecule has 0 amide bonds. The van der Waals surface area contributed by atoms with Crippen LogP contribution in [-0.4, -0.2) is 28.2 Å². The van der Waals surface area contributed by atoms with E-state index in [4.69, 9.17) is 15.8 Å². The van der Waals surface area contributed by atoms with E-state index in [-0.39, 0.29) is 6.61 Å². The van der Waals surface area contributed by atoms with E-state index < -0.39 is 0 Å². The molecular formula is C20H26N4O. The van der Waals surface area contributed by atoms with Crippen molar-refractivity contribution in [1.82, 2.24) is 9.97 Å². The lowest BCUT2D eigenvalue weighted by atomic mass is 10.1. The molecule has 3 rings (SSSR count). The van der Waals surface area contributed by atoms with E-state index in [0.717, 1.165) is 53.1 Å². The molecule has 0 atom stereocenters. The number of hydrogen-bond donors (Lipinski definition) is 3. The Bertz CT molecular complexity index is 787. The van der Waals surface area contributed by atoms with Gasteiger partial charge in [-0.15, -0.1) is 0 Å². The molecule has 0 radical (unpaired) electrons. The number of hydrogen-bond acceptors (Lipinski definition) is 5. The van der Waals surface area contributed by atoms with Gasteiger partial charge in [-0.05, 0) is 43.2 Å². The topological polar surface area (TPSA) is 84.1 Å². The van der Waals surface area contributed by atoms with E-state index in [0.29, 0.717) is 0 Å². The monoisotopic (exact) mass is 338 g/mol. The molecule has 5 heteroatoms. The number of aliphatic hydroxyl groups excluding tert-OH is 1. The van der Waals surface area contributed by atoms with Crippen LogP contribution in [0, 0.1) is 0 Å². The summed E-state index contributed by atoms with van der Waals surface area (Å²) in [6, 6.07) is 13.6. The minimum Gasteiger partial charge on any atom is -0.399 e. The van der Waals surface area contributed by atoms with Gasteiger partial charge in [-0.25, -0.2) is 4.98 Å². The standard InChI is InChI=1S/C18H20N4O.C2H6/c19-14-7-5-13(6-8-14)16-12-17-15(4-3-10-20-17)18(22-16)21-9-1-2-11-23;1-2/h3-8,10,12,23H,1-2,9,11,19H2,(H,21,22);1-2H3. The third-order valence-electron chi connectivity index (χ3n) is 3.68. The molecule has 0 aliphatic heterocycles. The van der Waals surface area contributed by atoms with Gasteiger partial charge in [-0.1, -0.05) is 26.0 Å². The zero-order valence-corrected chi connectivity index (χ0v) is 14.9. The normalized spacial score (nSPS) is 10.2. The molecule has 0 unspecified atom stereocenters. The van der Waals surface area contributed by atoms with Crippen molar-refractivity contribution in [2.45, 2.75) is 26.7 Å². The van der Waals surface area contributed by atoms with Crippen LogP contribution in [0.5, 0.6) is 0 Å². The SMILES string of the molecule is CC.Nc1ccc(-c2cc3ncccc3c(NCCCCO)n2)cc1. The lowest BCUT2D eigenvalue weighted by Crippen LogP contribution is -2.05. The van der Waals surface area contributed by atoms with Gasteiger partial charge in [0.05, 0.1) is 11.2 Å². The smallest absolute Gasteiger partial charge is 0.136 e. The fraction of sp³-hybridized carbons (Fsp3) is 0.300. The maximum absolute atomic E-state index is 8.89. The Morgan fingerprint density at radius 3 is 2.56 bits per heavy atom. The van der Waals surface area contributed by atoms with Crippen molar-refractivity contribution in [3.63, 3.8) is 0 Å². The van der Waals surface area contributed by atoms with Crippen molar-refractivity contribution < 1.29 is 5.11 Å². The number of aromatic nitrogens is 2. The van der Waals surface area contributed by atoms with Crippen LogP contribution in [0.2, 0.25) is 0 Å². The summed E-state index contributed by atoms with van der Waals surface area (Å²) in [6.07, 6.45) is 3.46. The maximum Gasteiger partial charge on any atom is 0.136 e. The van der Waals surface area contributed by atoms with Crippen LogP contribution in [0.4, 0.5) is 11.5 Å². The van der Waals surface area contributed by atoms with Gasteiger partial charge in [0, 0.05) is 36.0 Å². The summed E-state index contributed by atoms with van der Waals surface area (Å²) in [4.78, 5) is 9.19. The molecule has 4 N–H and O–H groups in total. The summed E-state index contributed by atoms with van der Waals surface area (Å²) in [7, 11) is 0. The Kier molecular flexibility index (Phi) is 7.16. The lowest BCUT2D eigenvalue weighted by Gasteiger charge is -2.11. The molecule has 0 saturated heterocycles. The number of benzene rings is 1. The summed E-state index contributed by atoms with van der Waals surface area (Å²) < 4.78 is 0. The third kappa shape index (κ3) is 4.90. The number of fused-ring (bicyclic) bond motifs is 1. The second-order valence-corrected chi connectivity index (χ2v) is 5.41. The summed E-state index contributed by atoms with van der Waals surface area (Å²) in [5, 5.41) is 13.2. The number of unbranched alkanes of at least 4 members (excludes halogenated alkanes) is 1. The van der Waals surface area contributed by atoms with E-state index >= 15 is 0 Å². The Balaban J connectivity index is 0.00000109. The molecule has 132 valence electrons. The van der Waals surface area contributed by atoms with Crippen LogP contribution < -0.4 is 11.1 Å².